The van der Waals surface area contributed by atoms with E-state index in [0.29, 0.717) is 0 Å². The number of sulfonamides is 1. The van der Waals surface area contributed by atoms with Crippen molar-refractivity contribution in [3.8, 4) is 0 Å². The summed E-state index contributed by atoms with van der Waals surface area (Å²) in [6.07, 6.45) is -0.276. The highest BCUT2D eigenvalue weighted by atomic mass is 32.2. The average molecular weight is 299 g/mol. The minimum atomic E-state index is -3.90. The second kappa shape index (κ2) is 7.01. The van der Waals surface area contributed by atoms with Crippen LogP contribution in [0.25, 0.3) is 0 Å². The van der Waals surface area contributed by atoms with Crippen LogP contribution in [0.2, 0.25) is 0 Å². The van der Waals surface area contributed by atoms with E-state index < -0.39 is 22.0 Å². The molecule has 0 saturated heterocycles. The topological polar surface area (TPSA) is 104 Å². The molecule has 0 aliphatic heterocycles. The van der Waals surface area contributed by atoms with Crippen LogP contribution >= 0.6 is 0 Å². The molecular weight excluding hydrogens is 282 g/mol. The van der Waals surface area contributed by atoms with Gasteiger partial charge in [-0.05, 0) is 19.2 Å². The Hall–Kier alpha value is -1.93. The summed E-state index contributed by atoms with van der Waals surface area (Å²) in [5.41, 5.74) is 0. The monoisotopic (exact) mass is 299 g/mol. The van der Waals surface area contributed by atoms with Gasteiger partial charge in [0.15, 0.2) is 0 Å². The standard InChI is InChI=1S/C12H17N3O4S/c1-13-10(12(17)14-2)8-11(16)15-20(18,19)9-6-4-3-5-7-9/h3-7,10,13H,8H2,1-2H3,(H,14,17)(H,15,16). The van der Waals surface area contributed by atoms with Gasteiger partial charge in [-0.25, -0.2) is 13.1 Å². The number of carbonyl (C=O) groups excluding carboxylic acids is 2. The van der Waals surface area contributed by atoms with Crippen molar-refractivity contribution in [3.05, 3.63) is 30.3 Å². The van der Waals surface area contributed by atoms with E-state index in [0.717, 1.165) is 0 Å². The molecule has 3 N–H and O–H groups in total. The van der Waals surface area contributed by atoms with Gasteiger partial charge < -0.3 is 10.6 Å². The zero-order valence-corrected chi connectivity index (χ0v) is 12.0. The zero-order chi connectivity index (χ0) is 15.2. The lowest BCUT2D eigenvalue weighted by Gasteiger charge is -2.14. The molecule has 1 atom stereocenters. The van der Waals surface area contributed by atoms with Gasteiger partial charge in [0.05, 0.1) is 17.4 Å². The second-order valence-electron chi connectivity index (χ2n) is 4.00. The normalized spacial score (nSPS) is 12.5. The van der Waals surface area contributed by atoms with E-state index >= 15 is 0 Å². The van der Waals surface area contributed by atoms with Gasteiger partial charge in [-0.1, -0.05) is 18.2 Å². The lowest BCUT2D eigenvalue weighted by Crippen LogP contribution is -2.45. The third-order valence-electron chi connectivity index (χ3n) is 2.60. The quantitative estimate of drug-likeness (QED) is 0.639. The van der Waals surface area contributed by atoms with E-state index in [-0.39, 0.29) is 17.2 Å². The van der Waals surface area contributed by atoms with Gasteiger partial charge >= 0.3 is 0 Å². The van der Waals surface area contributed by atoms with Gasteiger partial charge in [0.2, 0.25) is 11.8 Å². The van der Waals surface area contributed by atoms with Crippen molar-refractivity contribution in [1.82, 2.24) is 15.4 Å². The Morgan fingerprint density at radius 3 is 2.25 bits per heavy atom. The molecule has 1 aromatic rings. The van der Waals surface area contributed by atoms with Crippen molar-refractivity contribution in [2.45, 2.75) is 17.4 Å². The molecule has 1 rings (SSSR count). The minimum Gasteiger partial charge on any atom is -0.358 e. The molecule has 8 heteroatoms. The maximum absolute atomic E-state index is 11.9. The first-order chi connectivity index (χ1) is 9.40. The molecule has 0 aliphatic carbocycles. The molecule has 110 valence electrons. The number of rotatable bonds is 6. The Morgan fingerprint density at radius 1 is 1.15 bits per heavy atom. The summed E-state index contributed by atoms with van der Waals surface area (Å²) in [7, 11) is -0.956. The highest BCUT2D eigenvalue weighted by molar-refractivity contribution is 7.90. The van der Waals surface area contributed by atoms with Crippen LogP contribution in [0.15, 0.2) is 35.2 Å². The molecule has 0 bridgehead atoms. The van der Waals surface area contributed by atoms with Crippen molar-refractivity contribution in [2.75, 3.05) is 14.1 Å². The lowest BCUT2D eigenvalue weighted by molar-refractivity contribution is -0.127. The van der Waals surface area contributed by atoms with Crippen LogP contribution in [-0.4, -0.2) is 40.4 Å². The number of benzene rings is 1. The van der Waals surface area contributed by atoms with Crippen LogP contribution in [0.1, 0.15) is 6.42 Å². The van der Waals surface area contributed by atoms with E-state index in [4.69, 9.17) is 0 Å². The molecule has 0 spiro atoms. The smallest absolute Gasteiger partial charge is 0.264 e. The molecule has 0 fully saturated rings. The fraction of sp³-hybridized carbons (Fsp3) is 0.333. The Labute approximate surface area is 117 Å². The maximum Gasteiger partial charge on any atom is 0.264 e. The highest BCUT2D eigenvalue weighted by Crippen LogP contribution is 2.07. The molecule has 2 amide bonds. The van der Waals surface area contributed by atoms with Gasteiger partial charge in [0.25, 0.3) is 10.0 Å². The molecule has 0 aromatic heterocycles. The maximum atomic E-state index is 11.9. The fourth-order valence-corrected chi connectivity index (χ4v) is 2.55. The first kappa shape index (κ1) is 16.1. The number of hydrogen-bond donors (Lipinski definition) is 3. The number of carbonyl (C=O) groups is 2. The predicted octanol–water partition coefficient (Wildman–Crippen LogP) is -0.784. The summed E-state index contributed by atoms with van der Waals surface area (Å²) >= 11 is 0. The molecule has 0 heterocycles. The SMILES string of the molecule is CNC(=O)C(CC(=O)NS(=O)(=O)c1ccccc1)NC. The van der Waals surface area contributed by atoms with Gasteiger partial charge in [-0.2, -0.15) is 0 Å². The van der Waals surface area contributed by atoms with Crippen LogP contribution < -0.4 is 15.4 Å². The van der Waals surface area contributed by atoms with Crippen LogP contribution in [0.5, 0.6) is 0 Å². The minimum absolute atomic E-state index is 0.00528. The summed E-state index contributed by atoms with van der Waals surface area (Å²) in [6, 6.07) is 6.75. The first-order valence-corrected chi connectivity index (χ1v) is 7.38. The largest absolute Gasteiger partial charge is 0.358 e. The lowest BCUT2D eigenvalue weighted by atomic mass is 10.2. The summed E-state index contributed by atoms with van der Waals surface area (Å²) < 4.78 is 25.7. The van der Waals surface area contributed by atoms with E-state index in [1.54, 1.807) is 18.2 Å². The second-order valence-corrected chi connectivity index (χ2v) is 5.68. The van der Waals surface area contributed by atoms with E-state index in [2.05, 4.69) is 10.6 Å². The summed E-state index contributed by atoms with van der Waals surface area (Å²) in [6.45, 7) is 0. The van der Waals surface area contributed by atoms with E-state index in [1.165, 1.54) is 26.2 Å². The third-order valence-corrected chi connectivity index (χ3v) is 3.99. The Bertz CT molecular complexity index is 572. The molecule has 0 saturated carbocycles. The van der Waals surface area contributed by atoms with Gasteiger partial charge in [-0.15, -0.1) is 0 Å². The summed E-state index contributed by atoms with van der Waals surface area (Å²) in [4.78, 5) is 23.1. The number of likely N-dealkylation sites (N-methyl/N-ethyl adjacent to an activating group) is 2. The molecule has 1 unspecified atom stereocenters. The Balaban J connectivity index is 2.73. The van der Waals surface area contributed by atoms with Crippen molar-refractivity contribution in [3.63, 3.8) is 0 Å². The summed E-state index contributed by atoms with van der Waals surface area (Å²) in [5, 5.41) is 5.03. The number of nitrogens with one attached hydrogen (secondary N) is 3. The molecule has 20 heavy (non-hydrogen) atoms. The van der Waals surface area contributed by atoms with Gasteiger partial charge in [-0.3, -0.25) is 9.59 Å². The van der Waals surface area contributed by atoms with Crippen LogP contribution in [0.4, 0.5) is 0 Å². The average Bonchev–Trinajstić information content (AvgIpc) is 2.44. The Kier molecular flexibility index (Phi) is 5.66. The zero-order valence-electron chi connectivity index (χ0n) is 11.2. The Morgan fingerprint density at radius 2 is 1.75 bits per heavy atom. The van der Waals surface area contributed by atoms with Gasteiger partial charge in [0.1, 0.15) is 0 Å². The van der Waals surface area contributed by atoms with Crippen LogP contribution in [0, 0.1) is 0 Å². The fourth-order valence-electron chi connectivity index (χ4n) is 1.54. The number of amides is 2. The van der Waals surface area contributed by atoms with E-state index in [9.17, 15) is 18.0 Å². The van der Waals surface area contributed by atoms with Crippen LogP contribution in [0.3, 0.4) is 0 Å². The van der Waals surface area contributed by atoms with Crippen molar-refractivity contribution in [1.29, 1.82) is 0 Å². The summed E-state index contributed by atoms with van der Waals surface area (Å²) in [5.74, 6) is -1.14. The van der Waals surface area contributed by atoms with Crippen LogP contribution in [-0.2, 0) is 19.6 Å². The highest BCUT2D eigenvalue weighted by Gasteiger charge is 2.23. The molecular formula is C12H17N3O4S. The number of hydrogen-bond acceptors (Lipinski definition) is 5. The molecule has 0 radical (unpaired) electrons. The predicted molar refractivity (Wildman–Crippen MR) is 73.3 cm³/mol. The molecule has 7 nitrogen and oxygen atoms in total. The molecule has 0 aliphatic rings. The van der Waals surface area contributed by atoms with E-state index in [1.807, 2.05) is 4.72 Å². The van der Waals surface area contributed by atoms with Gasteiger partial charge in [0, 0.05) is 7.05 Å². The van der Waals surface area contributed by atoms with Crippen molar-refractivity contribution in [2.24, 2.45) is 0 Å². The third kappa shape index (κ3) is 4.32. The van der Waals surface area contributed by atoms with Crippen molar-refractivity contribution < 1.29 is 18.0 Å². The first-order valence-electron chi connectivity index (χ1n) is 5.90. The molecule has 1 aromatic carbocycles. The van der Waals surface area contributed by atoms with Crippen molar-refractivity contribution >= 4 is 21.8 Å².